The van der Waals surface area contributed by atoms with Crippen molar-refractivity contribution in [3.63, 3.8) is 0 Å². The van der Waals surface area contributed by atoms with Gasteiger partial charge in [-0.2, -0.15) is 19.7 Å². The molecule has 4 heterocycles. The average Bonchev–Trinajstić information content (AvgIpc) is 3.64. The highest BCUT2D eigenvalue weighted by Gasteiger charge is 2.36. The Morgan fingerprint density at radius 3 is 1.28 bits per heavy atom. The van der Waals surface area contributed by atoms with Crippen LogP contribution >= 0.6 is 47.0 Å². The zero-order chi connectivity index (χ0) is 33.4. The van der Waals surface area contributed by atoms with E-state index < -0.39 is 34.6 Å². The number of amides is 2. The molecule has 234 valence electrons. The standard InChI is InChI=1S/C28H22N8O6S4/c1-5-7-13-15(21(37)35(25(39)31-3)27(41)33-13)23-43-17-11(9-29)19-20(12(10-30)18(17)44-23)46-24(45-19)16-14(8-6-2)34-28(42)36(22(16)38)26(40)32-4/h7-8H,5-6H2,1-4H3,(H,31,39)(H,32,40)(H,33,41)(H,34,42). The molecule has 5 rings (SSSR count). The summed E-state index contributed by atoms with van der Waals surface area (Å²) < 4.78 is 1.62. The van der Waals surface area contributed by atoms with Gasteiger partial charge in [-0.1, -0.05) is 73.0 Å². The minimum atomic E-state index is -0.927. The van der Waals surface area contributed by atoms with Crippen molar-refractivity contribution < 1.29 is 9.59 Å². The Hall–Kier alpha value is -4.62. The van der Waals surface area contributed by atoms with Gasteiger partial charge < -0.3 is 20.6 Å². The topological polar surface area (TPSA) is 215 Å². The van der Waals surface area contributed by atoms with E-state index >= 15 is 0 Å². The maximum absolute atomic E-state index is 13.6. The van der Waals surface area contributed by atoms with Gasteiger partial charge in [0.2, 0.25) is 0 Å². The summed E-state index contributed by atoms with van der Waals surface area (Å²) in [6.45, 7) is 3.62. The molecular formula is C28H22N8O6S4. The van der Waals surface area contributed by atoms with Gasteiger partial charge in [-0.3, -0.25) is 9.59 Å². The fraction of sp³-hybridized carbons (Fsp3) is 0.214. The maximum Gasteiger partial charge on any atom is 0.337 e. The maximum atomic E-state index is 13.6. The molecule has 0 aliphatic carbocycles. The van der Waals surface area contributed by atoms with Crippen LogP contribution in [0.25, 0.3) is 20.6 Å². The number of hydrogen-bond donors (Lipinski definition) is 4. The van der Waals surface area contributed by atoms with Crippen LogP contribution in [0, 0.1) is 22.7 Å². The number of nitrogens with zero attached hydrogens (tertiary/aromatic N) is 4. The van der Waals surface area contributed by atoms with Crippen LogP contribution in [0.1, 0.15) is 37.8 Å². The van der Waals surface area contributed by atoms with Crippen molar-refractivity contribution in [2.75, 3.05) is 14.1 Å². The molecule has 3 aromatic rings. The molecule has 0 spiro atoms. The molecule has 46 heavy (non-hydrogen) atoms. The molecule has 2 amide bonds. The third-order valence-corrected chi connectivity index (χ3v) is 11.9. The number of aromatic nitrogens is 4. The molecule has 4 N–H and O–H groups in total. The van der Waals surface area contributed by atoms with Crippen molar-refractivity contribution in [3.05, 3.63) is 73.9 Å². The van der Waals surface area contributed by atoms with E-state index in [1.807, 2.05) is 13.8 Å². The Morgan fingerprint density at radius 1 is 0.696 bits per heavy atom. The average molecular weight is 695 g/mol. The number of nitriles is 2. The van der Waals surface area contributed by atoms with Crippen LogP contribution in [-0.4, -0.2) is 45.3 Å². The molecule has 18 heteroatoms. The zero-order valence-electron chi connectivity index (χ0n) is 24.4. The van der Waals surface area contributed by atoms with Gasteiger partial charge in [0, 0.05) is 33.7 Å². The summed E-state index contributed by atoms with van der Waals surface area (Å²) in [5, 5.41) is 25.8. The lowest BCUT2D eigenvalue weighted by Crippen LogP contribution is -2.57. The second-order valence-corrected chi connectivity index (χ2v) is 13.9. The summed E-state index contributed by atoms with van der Waals surface area (Å²) in [6, 6.07) is 2.54. The molecule has 0 saturated carbocycles. The number of carbonyl (C=O) groups excluding carboxylic acids is 2. The Morgan fingerprint density at radius 2 is 1.02 bits per heavy atom. The third-order valence-electron chi connectivity index (χ3n) is 6.64. The first kappa shape index (κ1) is 32.8. The highest BCUT2D eigenvalue weighted by Crippen LogP contribution is 2.62. The first-order chi connectivity index (χ1) is 22.1. The number of carbonyl (C=O) groups is 2. The second-order valence-electron chi connectivity index (χ2n) is 9.33. The monoisotopic (exact) mass is 694 g/mol. The molecule has 2 aliphatic heterocycles. The van der Waals surface area contributed by atoms with Gasteiger partial charge >= 0.3 is 23.4 Å². The van der Waals surface area contributed by atoms with E-state index in [1.54, 1.807) is 12.2 Å². The van der Waals surface area contributed by atoms with E-state index in [-0.39, 0.29) is 32.3 Å². The normalized spacial score (nSPS) is 14.1. The molecule has 0 atom stereocenters. The van der Waals surface area contributed by atoms with Gasteiger partial charge in [0.05, 0.1) is 40.7 Å². The molecule has 0 unspecified atom stereocenters. The summed E-state index contributed by atoms with van der Waals surface area (Å²) in [6.07, 6.45) is 4.18. The van der Waals surface area contributed by atoms with Crippen LogP contribution in [0.3, 0.4) is 0 Å². The highest BCUT2D eigenvalue weighted by molar-refractivity contribution is 8.33. The zero-order valence-corrected chi connectivity index (χ0v) is 27.7. The summed E-state index contributed by atoms with van der Waals surface area (Å²) in [5.74, 6) is 0. The minimum Gasteiger partial charge on any atom is -0.340 e. The summed E-state index contributed by atoms with van der Waals surface area (Å²) in [7, 11) is 2.57. The van der Waals surface area contributed by atoms with Gasteiger partial charge in [0.15, 0.2) is 0 Å². The van der Waals surface area contributed by atoms with Crippen LogP contribution in [0.2, 0.25) is 0 Å². The van der Waals surface area contributed by atoms with Gasteiger partial charge in [0.25, 0.3) is 11.1 Å². The fourth-order valence-electron chi connectivity index (χ4n) is 4.68. The minimum absolute atomic E-state index is 0.0412. The Labute approximate surface area is 275 Å². The van der Waals surface area contributed by atoms with E-state index in [2.05, 4.69) is 32.7 Å². The molecule has 0 radical (unpaired) electrons. The molecule has 1 aromatic carbocycles. The fourth-order valence-corrected chi connectivity index (χ4v) is 10.4. The number of hydrogen-bond acceptors (Lipinski definition) is 12. The van der Waals surface area contributed by atoms with Crippen LogP contribution in [0.5, 0.6) is 0 Å². The lowest BCUT2D eigenvalue weighted by molar-refractivity contribution is 0.241. The predicted octanol–water partition coefficient (Wildman–Crippen LogP) is -0.187. The van der Waals surface area contributed by atoms with Crippen LogP contribution < -0.4 is 54.3 Å². The first-order valence-electron chi connectivity index (χ1n) is 13.5. The summed E-state index contributed by atoms with van der Waals surface area (Å²) in [4.78, 5) is 84.0. The summed E-state index contributed by atoms with van der Waals surface area (Å²) in [5.41, 5.74) is -3.17. The predicted molar refractivity (Wildman–Crippen MR) is 176 cm³/mol. The molecule has 2 aliphatic rings. The molecule has 2 aromatic heterocycles. The quantitative estimate of drug-likeness (QED) is 0.275. The number of fused-ring (bicyclic) bond motifs is 2. The van der Waals surface area contributed by atoms with Crippen molar-refractivity contribution in [2.24, 2.45) is 0 Å². The van der Waals surface area contributed by atoms with Crippen molar-refractivity contribution in [1.29, 1.82) is 10.5 Å². The molecular weight excluding hydrogens is 673 g/mol. The van der Waals surface area contributed by atoms with Crippen LogP contribution in [0.4, 0.5) is 9.59 Å². The molecule has 14 nitrogen and oxygen atoms in total. The number of nitrogens with one attached hydrogen (secondary N) is 4. The van der Waals surface area contributed by atoms with Crippen molar-refractivity contribution >= 4 is 79.7 Å². The number of aromatic amines is 2. The smallest absolute Gasteiger partial charge is 0.337 e. The van der Waals surface area contributed by atoms with Crippen LogP contribution in [0.15, 0.2) is 38.8 Å². The molecule has 0 saturated heterocycles. The lowest BCUT2D eigenvalue weighted by Gasteiger charge is -2.07. The van der Waals surface area contributed by atoms with Crippen LogP contribution in [-0.2, 0) is 0 Å². The van der Waals surface area contributed by atoms with Crippen molar-refractivity contribution in [2.45, 2.75) is 46.3 Å². The Kier molecular flexibility index (Phi) is 9.27. The van der Waals surface area contributed by atoms with E-state index in [0.717, 1.165) is 47.0 Å². The summed E-state index contributed by atoms with van der Waals surface area (Å²) >= 11 is 4.25. The second kappa shape index (κ2) is 13.0. The van der Waals surface area contributed by atoms with Gasteiger partial charge in [0.1, 0.15) is 12.1 Å². The lowest BCUT2D eigenvalue weighted by atomic mass is 10.1. The number of thioether (sulfide) groups is 4. The molecule has 0 bridgehead atoms. The van der Waals surface area contributed by atoms with Crippen molar-refractivity contribution in [1.82, 2.24) is 29.7 Å². The largest absolute Gasteiger partial charge is 0.340 e. The van der Waals surface area contributed by atoms with Gasteiger partial charge in [-0.15, -0.1) is 0 Å². The number of H-pyrrole nitrogens is 2. The number of rotatable bonds is 2. The third kappa shape index (κ3) is 5.22. The van der Waals surface area contributed by atoms with E-state index in [4.69, 9.17) is 0 Å². The first-order valence-corrected chi connectivity index (χ1v) is 16.7. The van der Waals surface area contributed by atoms with E-state index in [1.165, 1.54) is 14.1 Å². The Balaban J connectivity index is 1.82. The Bertz CT molecular complexity index is 2270. The van der Waals surface area contributed by atoms with Crippen molar-refractivity contribution in [3.8, 4) is 12.1 Å². The van der Waals surface area contributed by atoms with E-state index in [9.17, 15) is 39.3 Å². The van der Waals surface area contributed by atoms with Gasteiger partial charge in [-0.05, 0) is 12.8 Å². The highest BCUT2D eigenvalue weighted by atomic mass is 32.2. The number of benzene rings is 1. The molecule has 0 fully saturated rings. The van der Waals surface area contributed by atoms with Gasteiger partial charge in [-0.25, -0.2) is 19.2 Å². The van der Waals surface area contributed by atoms with E-state index in [0.29, 0.717) is 50.0 Å². The SMILES string of the molecule is CCC=c1[nH]c(=O)n(C(=O)NC)c(=O)c1=C1Sc2c(C#N)c3c(c(C#N)c2S1)SC(=c1c(=CCC)[nH]c(=O)n(C(=O)NC)c1=O)S3.